The van der Waals surface area contributed by atoms with Crippen molar-refractivity contribution in [2.75, 3.05) is 6.54 Å². The molecule has 2 aromatic heterocycles. The highest BCUT2D eigenvalue weighted by Gasteiger charge is 2.22. The van der Waals surface area contributed by atoms with E-state index in [0.29, 0.717) is 41.1 Å². The third-order valence-electron chi connectivity index (χ3n) is 4.57. The van der Waals surface area contributed by atoms with Crippen LogP contribution < -0.4 is 5.56 Å². The Morgan fingerprint density at radius 2 is 2.04 bits per heavy atom. The third kappa shape index (κ3) is 3.88. The first kappa shape index (κ1) is 18.1. The number of nitrogens with zero attached hydrogens (tertiary/aromatic N) is 4. The number of halogens is 2. The van der Waals surface area contributed by atoms with Gasteiger partial charge in [-0.1, -0.05) is 29.3 Å². The van der Waals surface area contributed by atoms with E-state index < -0.39 is 0 Å². The molecule has 0 saturated carbocycles. The first-order chi connectivity index (χ1) is 13.0. The predicted octanol–water partition coefficient (Wildman–Crippen LogP) is 3.40. The number of rotatable bonds is 3. The number of aryl methyl sites for hydroxylation is 1. The minimum absolute atomic E-state index is 0.105. The van der Waals surface area contributed by atoms with Crippen molar-refractivity contribution in [2.24, 2.45) is 0 Å². The molecule has 1 aliphatic heterocycles. The monoisotopic (exact) mass is 401 g/mol. The Morgan fingerprint density at radius 1 is 1.19 bits per heavy atom. The largest absolute Gasteiger partial charge is 0.305 e. The minimum atomic E-state index is -0.105. The van der Waals surface area contributed by atoms with Gasteiger partial charge in [-0.3, -0.25) is 14.7 Å². The first-order valence-corrected chi connectivity index (χ1v) is 9.32. The summed E-state index contributed by atoms with van der Waals surface area (Å²) in [6, 6.07) is 5.63. The lowest BCUT2D eigenvalue weighted by atomic mass is 10.1. The van der Waals surface area contributed by atoms with Crippen LogP contribution in [0, 0.1) is 6.92 Å². The van der Waals surface area contributed by atoms with E-state index in [2.05, 4.69) is 24.8 Å². The average Bonchev–Trinajstić information content (AvgIpc) is 2.65. The van der Waals surface area contributed by atoms with Crippen LogP contribution in [0.4, 0.5) is 0 Å². The lowest BCUT2D eigenvalue weighted by molar-refractivity contribution is 0.240. The van der Waals surface area contributed by atoms with Crippen molar-refractivity contribution in [3.8, 4) is 11.5 Å². The van der Waals surface area contributed by atoms with Crippen molar-refractivity contribution in [1.82, 2.24) is 24.8 Å². The van der Waals surface area contributed by atoms with Crippen LogP contribution in [0.2, 0.25) is 10.0 Å². The summed E-state index contributed by atoms with van der Waals surface area (Å²) in [6.45, 7) is 3.94. The Bertz CT molecular complexity index is 1050. The second-order valence-corrected chi connectivity index (χ2v) is 7.41. The summed E-state index contributed by atoms with van der Waals surface area (Å²) in [5.74, 6) is 0.447. The Morgan fingerprint density at radius 3 is 2.78 bits per heavy atom. The van der Waals surface area contributed by atoms with E-state index in [1.54, 1.807) is 18.5 Å². The van der Waals surface area contributed by atoms with Crippen LogP contribution in [0.15, 0.2) is 35.4 Å². The molecule has 8 heteroatoms. The predicted molar refractivity (Wildman–Crippen MR) is 105 cm³/mol. The van der Waals surface area contributed by atoms with Crippen molar-refractivity contribution in [1.29, 1.82) is 0 Å². The second kappa shape index (κ2) is 7.38. The van der Waals surface area contributed by atoms with Crippen LogP contribution in [0.25, 0.3) is 11.5 Å². The number of nitrogens with one attached hydrogen (secondary N) is 1. The van der Waals surface area contributed by atoms with Gasteiger partial charge in [-0.05, 0) is 31.0 Å². The summed E-state index contributed by atoms with van der Waals surface area (Å²) in [5, 5.41) is 1.09. The molecule has 1 aliphatic rings. The van der Waals surface area contributed by atoms with Gasteiger partial charge in [0.1, 0.15) is 5.69 Å². The van der Waals surface area contributed by atoms with E-state index in [1.165, 1.54) is 0 Å². The molecule has 3 heterocycles. The van der Waals surface area contributed by atoms with E-state index in [4.69, 9.17) is 23.2 Å². The molecule has 0 spiro atoms. The van der Waals surface area contributed by atoms with Gasteiger partial charge < -0.3 is 4.98 Å². The molecule has 0 fully saturated rings. The fourth-order valence-corrected chi connectivity index (χ4v) is 3.48. The van der Waals surface area contributed by atoms with Gasteiger partial charge in [0.25, 0.3) is 5.56 Å². The van der Waals surface area contributed by atoms with E-state index in [9.17, 15) is 4.79 Å². The molecule has 6 nitrogen and oxygen atoms in total. The molecule has 0 aliphatic carbocycles. The van der Waals surface area contributed by atoms with Gasteiger partial charge in [0.2, 0.25) is 0 Å². The molecule has 4 rings (SSSR count). The van der Waals surface area contributed by atoms with Crippen LogP contribution in [0.1, 0.15) is 22.5 Å². The fraction of sp³-hybridized carbons (Fsp3) is 0.263. The highest BCUT2D eigenvalue weighted by Crippen LogP contribution is 2.24. The molecule has 27 heavy (non-hydrogen) atoms. The van der Waals surface area contributed by atoms with Crippen molar-refractivity contribution < 1.29 is 0 Å². The molecule has 0 amide bonds. The van der Waals surface area contributed by atoms with Crippen LogP contribution in [0.3, 0.4) is 0 Å². The Labute approximate surface area is 166 Å². The van der Waals surface area contributed by atoms with E-state index in [1.807, 2.05) is 19.1 Å². The summed E-state index contributed by atoms with van der Waals surface area (Å²) in [4.78, 5) is 30.7. The number of aromatic amines is 1. The molecule has 1 N–H and O–H groups in total. The Kier molecular flexibility index (Phi) is 4.95. The summed E-state index contributed by atoms with van der Waals surface area (Å²) in [6.07, 6.45) is 3.93. The molecule has 1 aromatic carbocycles. The average molecular weight is 402 g/mol. The van der Waals surface area contributed by atoms with Crippen LogP contribution in [-0.4, -0.2) is 31.4 Å². The maximum absolute atomic E-state index is 12.5. The van der Waals surface area contributed by atoms with Crippen molar-refractivity contribution in [3.05, 3.63) is 73.5 Å². The first-order valence-electron chi connectivity index (χ1n) is 8.57. The molecule has 138 valence electrons. The minimum Gasteiger partial charge on any atom is -0.305 e. The van der Waals surface area contributed by atoms with Gasteiger partial charge in [0.15, 0.2) is 5.82 Å². The Hall–Kier alpha value is -2.28. The number of hydrogen-bond donors (Lipinski definition) is 1. The molecule has 0 saturated heterocycles. The summed E-state index contributed by atoms with van der Waals surface area (Å²) < 4.78 is 0. The highest BCUT2D eigenvalue weighted by molar-refractivity contribution is 6.42. The molecule has 0 unspecified atom stereocenters. The number of aromatic nitrogens is 4. The van der Waals surface area contributed by atoms with E-state index >= 15 is 0 Å². The van der Waals surface area contributed by atoms with Gasteiger partial charge in [-0.2, -0.15) is 0 Å². The van der Waals surface area contributed by atoms with Gasteiger partial charge in [-0.15, -0.1) is 0 Å². The zero-order chi connectivity index (χ0) is 19.0. The maximum Gasteiger partial charge on any atom is 0.254 e. The van der Waals surface area contributed by atoms with E-state index in [-0.39, 0.29) is 5.56 Å². The SMILES string of the molecule is Cc1cnc(-c2nc3c(c(=O)[nH]2)CCN(Cc2ccc(Cl)c(Cl)c2)C3)cn1. The normalized spacial score (nSPS) is 14.2. The zero-order valence-electron chi connectivity index (χ0n) is 14.7. The standard InChI is InChI=1S/C19H17Cl2N5O/c1-11-7-23-16(8-22-11)18-24-17-10-26(5-4-13(17)19(27)25-18)9-12-2-3-14(20)15(21)6-12/h2-3,6-8H,4-5,9-10H2,1H3,(H,24,25,27). The molecule has 0 atom stereocenters. The third-order valence-corrected chi connectivity index (χ3v) is 5.31. The summed E-state index contributed by atoms with van der Waals surface area (Å²) >= 11 is 12.1. The van der Waals surface area contributed by atoms with Crippen LogP contribution in [0.5, 0.6) is 0 Å². The second-order valence-electron chi connectivity index (χ2n) is 6.59. The lowest BCUT2D eigenvalue weighted by Crippen LogP contribution is -2.35. The van der Waals surface area contributed by atoms with Gasteiger partial charge in [-0.25, -0.2) is 9.97 Å². The molecule has 0 bridgehead atoms. The smallest absolute Gasteiger partial charge is 0.254 e. The van der Waals surface area contributed by atoms with Crippen molar-refractivity contribution in [3.63, 3.8) is 0 Å². The fourth-order valence-electron chi connectivity index (χ4n) is 3.16. The Balaban J connectivity index is 1.60. The van der Waals surface area contributed by atoms with Crippen molar-refractivity contribution in [2.45, 2.75) is 26.4 Å². The molecular weight excluding hydrogens is 385 g/mol. The highest BCUT2D eigenvalue weighted by atomic mass is 35.5. The van der Waals surface area contributed by atoms with E-state index in [0.717, 1.165) is 29.1 Å². The quantitative estimate of drug-likeness (QED) is 0.727. The number of benzene rings is 1. The zero-order valence-corrected chi connectivity index (χ0v) is 16.2. The topological polar surface area (TPSA) is 74.8 Å². The van der Waals surface area contributed by atoms with Crippen LogP contribution >= 0.6 is 23.2 Å². The number of fused-ring (bicyclic) bond motifs is 1. The molecule has 0 radical (unpaired) electrons. The summed E-state index contributed by atoms with van der Waals surface area (Å²) in [5.41, 5.74) is 3.86. The molecular formula is C19H17Cl2N5O. The van der Waals surface area contributed by atoms with Crippen LogP contribution in [-0.2, 0) is 19.5 Å². The van der Waals surface area contributed by atoms with Gasteiger partial charge in [0, 0.05) is 31.4 Å². The number of H-pyrrole nitrogens is 1. The number of hydrogen-bond acceptors (Lipinski definition) is 5. The molecule has 3 aromatic rings. The van der Waals surface area contributed by atoms with Crippen molar-refractivity contribution >= 4 is 23.2 Å². The van der Waals surface area contributed by atoms with Gasteiger partial charge >= 0.3 is 0 Å². The maximum atomic E-state index is 12.5. The summed E-state index contributed by atoms with van der Waals surface area (Å²) in [7, 11) is 0. The van der Waals surface area contributed by atoms with Gasteiger partial charge in [0.05, 0.1) is 27.6 Å². The lowest BCUT2D eigenvalue weighted by Gasteiger charge is -2.27.